The summed E-state index contributed by atoms with van der Waals surface area (Å²) in [5.74, 6) is 0. The van der Waals surface area contributed by atoms with Crippen molar-refractivity contribution in [2.45, 2.75) is 208 Å². The summed E-state index contributed by atoms with van der Waals surface area (Å²) in [5, 5.41) is 152. The Labute approximate surface area is 353 Å². The van der Waals surface area contributed by atoms with Crippen molar-refractivity contribution in [3.8, 4) is 0 Å². The second-order valence-corrected chi connectivity index (χ2v) is 11.4. The molecule has 0 aliphatic carbocycles. The summed E-state index contributed by atoms with van der Waals surface area (Å²) in [7, 11) is 0. The Morgan fingerprint density at radius 2 is 0.235 bits per heavy atom. The van der Waals surface area contributed by atoms with E-state index in [1.165, 1.54) is 111 Å². The van der Waals surface area contributed by atoms with Crippen molar-refractivity contribution in [3.05, 3.63) is 0 Å². The number of aliphatic hydroxyl groups is 4. The fourth-order valence-corrected chi connectivity index (χ4v) is 0. The van der Waals surface area contributed by atoms with Gasteiger partial charge < -0.3 is 81.7 Å². The van der Waals surface area contributed by atoms with Gasteiger partial charge in [0.15, 0.2) is 0 Å². The van der Waals surface area contributed by atoms with Gasteiger partial charge in [-0.05, 0) is 27.7 Å². The molecule has 4 N–H and O–H groups in total. The number of rotatable bonds is 8. The molecule has 0 aromatic carbocycles. The van der Waals surface area contributed by atoms with E-state index in [9.17, 15) is 61.3 Å². The van der Waals surface area contributed by atoms with Crippen LogP contribution in [-0.4, -0.2) is 118 Å². The van der Waals surface area contributed by atoms with E-state index < -0.39 is 97.7 Å². The summed E-state index contributed by atoms with van der Waals surface area (Å²) in [6.45, 7) is 22.7. The van der Waals surface area contributed by atoms with Crippen molar-refractivity contribution in [2.24, 2.45) is 0 Å². The average molecular weight is 852 g/mol. The average Bonchev–Trinajstić information content (AvgIpc) is 2.90. The molecule has 0 heterocycles. The van der Waals surface area contributed by atoms with E-state index in [4.69, 9.17) is 20.4 Å². The minimum absolute atomic E-state index is 0. The van der Waals surface area contributed by atoms with Crippen molar-refractivity contribution in [2.75, 3.05) is 0 Å². The van der Waals surface area contributed by atoms with E-state index >= 15 is 0 Å². The first-order valence-electron chi connectivity index (χ1n) is 15.8. The monoisotopic (exact) mass is 852 g/mol. The third kappa shape index (κ3) is 112. The van der Waals surface area contributed by atoms with Gasteiger partial charge in [-0.2, -0.15) is 0 Å². The van der Waals surface area contributed by atoms with E-state index in [0.29, 0.717) is 0 Å². The molecule has 0 spiro atoms. The van der Waals surface area contributed by atoms with Gasteiger partial charge in [0.2, 0.25) is 0 Å². The van der Waals surface area contributed by atoms with E-state index in [1.807, 2.05) is 0 Å². The van der Waals surface area contributed by atoms with Gasteiger partial charge in [0.1, 0.15) is 0 Å². The molecule has 16 nitrogen and oxygen atoms in total. The summed E-state index contributed by atoms with van der Waals surface area (Å²) in [6, 6.07) is 0. The number of aliphatic hydroxyl groups excluding tert-OH is 4. The fourth-order valence-electron chi connectivity index (χ4n) is 0. The molecule has 0 rings (SSSR count). The van der Waals surface area contributed by atoms with Crippen LogP contribution in [0.5, 0.6) is 0 Å². The Bertz CT molecular complexity index is 373. The molecule has 0 unspecified atom stereocenters. The minimum atomic E-state index is -0.954. The molecule has 0 saturated carbocycles. The predicted molar refractivity (Wildman–Crippen MR) is 160 cm³/mol. The van der Waals surface area contributed by atoms with Crippen molar-refractivity contribution in [1.29, 1.82) is 0 Å². The van der Waals surface area contributed by atoms with E-state index in [-0.39, 0.29) is 65.2 Å². The predicted octanol–water partition coefficient (Wildman–Crippen LogP) is -9.61. The van der Waals surface area contributed by atoms with Gasteiger partial charge in [-0.15, -0.1) is 73.2 Å². The van der Waals surface area contributed by atoms with E-state index in [1.54, 1.807) is 0 Å². The molecule has 0 fully saturated rings. The zero-order valence-electron chi connectivity index (χ0n) is 33.4. The molecule has 0 amide bonds. The SMILES string of the molecule is C[C@@H]([O-])[C@@H](C)O.C[C@@H]([O-])[C@@H](C)O.C[C@@H]([O-])[C@@H](C)O.C[C@@H]([O-])[C@@H](C)O.C[C@@H]([O-])[C@@H](C)[O-].C[C@@H]([O-])[C@@H](C)[O-].C[C@@H]([O-])[C@@H](C)[O-].C[C@@H]([O-])[C@@H](C)[O-].[Ti+4].[Ti+4].[Ti+4]. The Morgan fingerprint density at radius 3 is 0.235 bits per heavy atom. The maximum absolute atomic E-state index is 9.98. The minimum Gasteiger partial charge on any atom is -0.853 e. The first-order valence-corrected chi connectivity index (χ1v) is 15.8. The zero-order valence-corrected chi connectivity index (χ0v) is 38.1. The largest absolute Gasteiger partial charge is 4.00 e. The van der Waals surface area contributed by atoms with Crippen LogP contribution in [-0.2, 0) is 65.2 Å². The van der Waals surface area contributed by atoms with Crippen molar-refractivity contribution in [1.82, 2.24) is 0 Å². The third-order valence-corrected chi connectivity index (χ3v) is 5.36. The van der Waals surface area contributed by atoms with Crippen LogP contribution < -0.4 is 61.3 Å². The van der Waals surface area contributed by atoms with E-state index in [2.05, 4.69) is 0 Å². The number of hydrogen-bond acceptors (Lipinski definition) is 16. The van der Waals surface area contributed by atoms with Gasteiger partial charge >= 0.3 is 65.2 Å². The van der Waals surface area contributed by atoms with Crippen molar-refractivity contribution < 1.29 is 147 Å². The molecule has 304 valence electrons. The molecule has 0 saturated heterocycles. The van der Waals surface area contributed by atoms with Crippen LogP contribution in [0.2, 0.25) is 0 Å². The van der Waals surface area contributed by atoms with Gasteiger partial charge in [0, 0.05) is 24.4 Å². The molecule has 0 aromatic heterocycles. The van der Waals surface area contributed by atoms with E-state index in [0.717, 1.165) is 0 Å². The topological polar surface area (TPSA) is 358 Å². The smallest absolute Gasteiger partial charge is 0.853 e. The van der Waals surface area contributed by atoms with Crippen LogP contribution in [0.1, 0.15) is 111 Å². The molecule has 0 radical (unpaired) electrons. The maximum atomic E-state index is 9.98. The Kier molecular flexibility index (Phi) is 85.0. The number of hydrogen-bond donors (Lipinski definition) is 4. The van der Waals surface area contributed by atoms with Crippen LogP contribution in [0.4, 0.5) is 0 Å². The molecule has 0 aliphatic rings. The normalized spacial score (nSPS) is 18.8. The van der Waals surface area contributed by atoms with Crippen LogP contribution in [0.3, 0.4) is 0 Å². The fraction of sp³-hybridized carbons (Fsp3) is 1.00. The summed E-state index contributed by atoms with van der Waals surface area (Å²) < 4.78 is 0. The van der Waals surface area contributed by atoms with Gasteiger partial charge in [-0.3, -0.25) is 0 Å². The molecular weight excluding hydrogens is 784 g/mol. The molecule has 16 atom stereocenters. The summed E-state index contributed by atoms with van der Waals surface area (Å²) >= 11 is 0. The summed E-state index contributed by atoms with van der Waals surface area (Å²) in [5.41, 5.74) is 0. The first-order chi connectivity index (χ1) is 21.1. The van der Waals surface area contributed by atoms with Gasteiger partial charge in [0.25, 0.3) is 0 Å². The van der Waals surface area contributed by atoms with Crippen LogP contribution in [0.15, 0.2) is 0 Å². The molecule has 0 aromatic rings. The Balaban J connectivity index is -0.0000000395. The van der Waals surface area contributed by atoms with Crippen molar-refractivity contribution >= 4 is 0 Å². The quantitative estimate of drug-likeness (QED) is 0.165. The second kappa shape index (κ2) is 53.6. The van der Waals surface area contributed by atoms with Gasteiger partial charge in [-0.1, -0.05) is 83.1 Å². The van der Waals surface area contributed by atoms with Crippen LogP contribution in [0, 0.1) is 0 Å². The molecule has 51 heavy (non-hydrogen) atoms. The summed E-state index contributed by atoms with van der Waals surface area (Å²) in [6.07, 6.45) is -13.8. The van der Waals surface area contributed by atoms with Crippen LogP contribution >= 0.6 is 0 Å². The molecule has 19 heteroatoms. The van der Waals surface area contributed by atoms with Crippen molar-refractivity contribution in [3.63, 3.8) is 0 Å². The second-order valence-electron chi connectivity index (χ2n) is 11.4. The molecule has 0 aliphatic heterocycles. The molecule has 0 bridgehead atoms. The maximum Gasteiger partial charge on any atom is 4.00 e. The Hall–Kier alpha value is 1.50. The standard InChI is InChI=1S/4C4H9O2.4C4H8O2.3Ti/c8*1-3(5)4(2)6;;;/h4*3-5H,1-2H3;4*3-4H,1-2H3;;;/q4*-1;4*-2;3*+4/t8*3-,4-;;;/m11111111.../s1. The molecular formula is C32H68O16Ti3. The zero-order chi connectivity index (χ0) is 41.2. The van der Waals surface area contributed by atoms with Crippen LogP contribution in [0.25, 0.3) is 0 Å². The van der Waals surface area contributed by atoms with Gasteiger partial charge in [0.05, 0.1) is 0 Å². The summed E-state index contributed by atoms with van der Waals surface area (Å²) in [4.78, 5) is 0. The van der Waals surface area contributed by atoms with Gasteiger partial charge in [-0.25, -0.2) is 0 Å². The third-order valence-electron chi connectivity index (χ3n) is 5.36. The first kappa shape index (κ1) is 80.9. The Morgan fingerprint density at radius 1 is 0.196 bits per heavy atom.